The van der Waals surface area contributed by atoms with Crippen molar-refractivity contribution in [3.8, 4) is 5.75 Å². The van der Waals surface area contributed by atoms with Crippen LogP contribution in [0.4, 0.5) is 16.3 Å². The van der Waals surface area contributed by atoms with Crippen LogP contribution in [0.5, 0.6) is 5.75 Å². The van der Waals surface area contributed by atoms with Gasteiger partial charge in [0.05, 0.1) is 5.02 Å². The molecule has 1 aliphatic rings. The zero-order valence-corrected chi connectivity index (χ0v) is 14.9. The van der Waals surface area contributed by atoms with Gasteiger partial charge in [0, 0.05) is 26.2 Å². The van der Waals surface area contributed by atoms with E-state index in [1.807, 2.05) is 4.90 Å². The number of aromatic nitrogens is 3. The molecule has 0 spiro atoms. The second kappa shape index (κ2) is 7.37. The third-order valence-corrected chi connectivity index (χ3v) is 4.32. The Hall–Kier alpha value is -2.19. The fourth-order valence-electron chi connectivity index (χ4n) is 2.55. The number of rotatable bonds is 4. The highest BCUT2D eigenvalue weighted by Gasteiger charge is 2.21. The lowest BCUT2D eigenvalue weighted by molar-refractivity contribution is 0.206. The van der Waals surface area contributed by atoms with Crippen molar-refractivity contribution in [3.05, 3.63) is 34.9 Å². The average Bonchev–Trinajstić information content (AvgIpc) is 2.59. The van der Waals surface area contributed by atoms with Crippen molar-refractivity contribution >= 4 is 23.5 Å². The second-order valence-corrected chi connectivity index (χ2v) is 6.36. The van der Waals surface area contributed by atoms with Gasteiger partial charge < -0.3 is 20.3 Å². The Kier molecular flexibility index (Phi) is 5.19. The Labute approximate surface area is 150 Å². The first kappa shape index (κ1) is 17.6. The standard InChI is InChI=1S/C16H20ClFN6O/c1-10(25-12-5-3-4-11(17)13(12)18)14-20-15(19)22-16(21-14)24-8-6-23(2)7-9-24/h3-5,10H,6-9H2,1-2H3,(H2,19,20,21,22). The number of nitrogens with two attached hydrogens (primary N) is 1. The molecule has 0 radical (unpaired) electrons. The normalized spacial score (nSPS) is 16.7. The lowest BCUT2D eigenvalue weighted by Gasteiger charge is -2.32. The van der Waals surface area contributed by atoms with E-state index in [0.29, 0.717) is 11.8 Å². The van der Waals surface area contributed by atoms with Crippen LogP contribution in [0.3, 0.4) is 0 Å². The first-order chi connectivity index (χ1) is 11.9. The van der Waals surface area contributed by atoms with E-state index in [1.54, 1.807) is 13.0 Å². The van der Waals surface area contributed by atoms with E-state index in [1.165, 1.54) is 12.1 Å². The maximum Gasteiger partial charge on any atom is 0.230 e. The molecular formula is C16H20ClFN6O. The quantitative estimate of drug-likeness (QED) is 0.887. The van der Waals surface area contributed by atoms with Crippen molar-refractivity contribution in [1.29, 1.82) is 0 Å². The van der Waals surface area contributed by atoms with E-state index in [2.05, 4.69) is 26.9 Å². The Bertz CT molecular complexity index is 753. The van der Waals surface area contributed by atoms with Gasteiger partial charge in [0.25, 0.3) is 0 Å². The predicted octanol–water partition coefficient (Wildman–Crippen LogP) is 2.14. The summed E-state index contributed by atoms with van der Waals surface area (Å²) in [5.74, 6) is 0.400. The minimum absolute atomic E-state index is 0.00186. The molecule has 1 unspecified atom stereocenters. The van der Waals surface area contributed by atoms with Crippen LogP contribution in [0.1, 0.15) is 18.9 Å². The molecule has 7 nitrogen and oxygen atoms in total. The topological polar surface area (TPSA) is 80.4 Å². The third-order valence-electron chi connectivity index (χ3n) is 4.03. The maximum absolute atomic E-state index is 14.0. The predicted molar refractivity (Wildman–Crippen MR) is 94.4 cm³/mol. The summed E-state index contributed by atoms with van der Waals surface area (Å²) in [4.78, 5) is 17.1. The summed E-state index contributed by atoms with van der Waals surface area (Å²) in [6, 6.07) is 4.58. The number of nitrogen functional groups attached to an aromatic ring is 1. The van der Waals surface area contributed by atoms with E-state index in [-0.39, 0.29) is 16.7 Å². The summed E-state index contributed by atoms with van der Waals surface area (Å²) in [5.41, 5.74) is 5.83. The molecule has 2 heterocycles. The highest BCUT2D eigenvalue weighted by molar-refractivity contribution is 6.30. The zero-order valence-electron chi connectivity index (χ0n) is 14.1. The number of hydrogen-bond acceptors (Lipinski definition) is 7. The number of halogens is 2. The molecule has 2 aromatic rings. The molecular weight excluding hydrogens is 347 g/mol. The van der Waals surface area contributed by atoms with Crippen molar-refractivity contribution in [3.63, 3.8) is 0 Å². The monoisotopic (exact) mass is 366 g/mol. The molecule has 1 saturated heterocycles. The minimum Gasteiger partial charge on any atom is -0.480 e. The summed E-state index contributed by atoms with van der Waals surface area (Å²) >= 11 is 5.78. The molecule has 1 fully saturated rings. The maximum atomic E-state index is 14.0. The fourth-order valence-corrected chi connectivity index (χ4v) is 2.71. The SMILES string of the molecule is CC(Oc1cccc(Cl)c1F)c1nc(N)nc(N2CCN(C)CC2)n1. The minimum atomic E-state index is -0.614. The Morgan fingerprint density at radius 1 is 1.20 bits per heavy atom. The van der Waals surface area contributed by atoms with Crippen molar-refractivity contribution in [2.75, 3.05) is 43.9 Å². The summed E-state index contributed by atoms with van der Waals surface area (Å²) in [6.07, 6.45) is -0.607. The van der Waals surface area contributed by atoms with Gasteiger partial charge in [-0.05, 0) is 26.1 Å². The molecule has 0 saturated carbocycles. The van der Waals surface area contributed by atoms with E-state index in [0.717, 1.165) is 26.2 Å². The molecule has 1 atom stereocenters. The molecule has 9 heteroatoms. The number of benzene rings is 1. The van der Waals surface area contributed by atoms with Gasteiger partial charge in [-0.15, -0.1) is 0 Å². The van der Waals surface area contributed by atoms with Crippen molar-refractivity contribution in [2.45, 2.75) is 13.0 Å². The van der Waals surface area contributed by atoms with Gasteiger partial charge in [-0.25, -0.2) is 4.39 Å². The molecule has 134 valence electrons. The fraction of sp³-hybridized carbons (Fsp3) is 0.438. The van der Waals surface area contributed by atoms with E-state index >= 15 is 0 Å². The van der Waals surface area contributed by atoms with Crippen LogP contribution in [-0.4, -0.2) is 53.1 Å². The van der Waals surface area contributed by atoms with Crippen LogP contribution in [0.2, 0.25) is 5.02 Å². The molecule has 1 aromatic heterocycles. The number of hydrogen-bond donors (Lipinski definition) is 1. The molecule has 0 amide bonds. The van der Waals surface area contributed by atoms with Crippen molar-refractivity contribution in [1.82, 2.24) is 19.9 Å². The lowest BCUT2D eigenvalue weighted by Crippen LogP contribution is -2.45. The van der Waals surface area contributed by atoms with Gasteiger partial charge in [-0.3, -0.25) is 0 Å². The number of nitrogens with zero attached hydrogens (tertiary/aromatic N) is 5. The lowest BCUT2D eigenvalue weighted by atomic mass is 10.3. The molecule has 2 N–H and O–H groups in total. The zero-order chi connectivity index (χ0) is 18.0. The molecule has 1 aliphatic heterocycles. The molecule has 0 bridgehead atoms. The summed E-state index contributed by atoms with van der Waals surface area (Å²) in [6.45, 7) is 5.17. The number of likely N-dealkylation sites (N-methyl/N-ethyl adjacent to an activating group) is 1. The highest BCUT2D eigenvalue weighted by Crippen LogP contribution is 2.28. The Balaban J connectivity index is 1.80. The van der Waals surface area contributed by atoms with Gasteiger partial charge in [0.15, 0.2) is 23.5 Å². The van der Waals surface area contributed by atoms with E-state index < -0.39 is 11.9 Å². The van der Waals surface area contributed by atoms with Crippen LogP contribution in [0.15, 0.2) is 18.2 Å². The summed E-state index contributed by atoms with van der Waals surface area (Å²) in [5, 5.41) is -0.00186. The van der Waals surface area contributed by atoms with Gasteiger partial charge >= 0.3 is 0 Å². The van der Waals surface area contributed by atoms with Crippen molar-refractivity contribution < 1.29 is 9.13 Å². The smallest absolute Gasteiger partial charge is 0.230 e. The molecule has 3 rings (SSSR count). The average molecular weight is 367 g/mol. The molecule has 1 aromatic carbocycles. The molecule has 25 heavy (non-hydrogen) atoms. The van der Waals surface area contributed by atoms with Crippen LogP contribution in [-0.2, 0) is 0 Å². The Morgan fingerprint density at radius 3 is 2.64 bits per heavy atom. The van der Waals surface area contributed by atoms with Crippen LogP contribution in [0.25, 0.3) is 0 Å². The number of anilines is 2. The van der Waals surface area contributed by atoms with Gasteiger partial charge in [-0.1, -0.05) is 17.7 Å². The summed E-state index contributed by atoms with van der Waals surface area (Å²) in [7, 11) is 2.07. The molecule has 0 aliphatic carbocycles. The first-order valence-electron chi connectivity index (χ1n) is 7.99. The number of piperazine rings is 1. The first-order valence-corrected chi connectivity index (χ1v) is 8.37. The largest absolute Gasteiger partial charge is 0.480 e. The summed E-state index contributed by atoms with van der Waals surface area (Å²) < 4.78 is 19.6. The Morgan fingerprint density at radius 2 is 1.92 bits per heavy atom. The van der Waals surface area contributed by atoms with E-state index in [4.69, 9.17) is 22.1 Å². The van der Waals surface area contributed by atoms with Crippen molar-refractivity contribution in [2.24, 2.45) is 0 Å². The van der Waals surface area contributed by atoms with E-state index in [9.17, 15) is 4.39 Å². The second-order valence-electron chi connectivity index (χ2n) is 5.95. The van der Waals surface area contributed by atoms with Crippen LogP contribution < -0.4 is 15.4 Å². The third kappa shape index (κ3) is 4.08. The van der Waals surface area contributed by atoms with Gasteiger partial charge in [-0.2, -0.15) is 15.0 Å². The highest BCUT2D eigenvalue weighted by atomic mass is 35.5. The van der Waals surface area contributed by atoms with Gasteiger partial charge in [0.2, 0.25) is 11.9 Å². The number of ether oxygens (including phenoxy) is 1. The van der Waals surface area contributed by atoms with Crippen LogP contribution >= 0.6 is 11.6 Å². The van der Waals surface area contributed by atoms with Crippen LogP contribution in [0, 0.1) is 5.82 Å². The van der Waals surface area contributed by atoms with Gasteiger partial charge in [0.1, 0.15) is 0 Å².